The van der Waals surface area contributed by atoms with Gasteiger partial charge in [-0.2, -0.15) is 0 Å². The Labute approximate surface area is 210 Å². The van der Waals surface area contributed by atoms with Crippen LogP contribution in [0.4, 0.5) is 5.69 Å². The van der Waals surface area contributed by atoms with Gasteiger partial charge in [0.25, 0.3) is 5.69 Å². The van der Waals surface area contributed by atoms with Crippen LogP contribution in [-0.4, -0.2) is 32.2 Å². The zero-order chi connectivity index (χ0) is 26.5. The molecular weight excluding hydrogens is 482 g/mol. The van der Waals surface area contributed by atoms with Gasteiger partial charge < -0.3 is 23.4 Å². The van der Waals surface area contributed by atoms with Gasteiger partial charge in [-0.3, -0.25) is 14.9 Å². The van der Waals surface area contributed by atoms with E-state index in [2.05, 4.69) is 0 Å². The second kappa shape index (κ2) is 10.6. The number of rotatable bonds is 8. The Hall–Kier alpha value is -5.12. The Bertz CT molecular complexity index is 1560. The fourth-order valence-electron chi connectivity index (χ4n) is 3.62. The first-order valence-corrected chi connectivity index (χ1v) is 10.9. The second-order valence-corrected chi connectivity index (χ2v) is 7.65. The maximum Gasteiger partial charge on any atom is 0.336 e. The zero-order valence-electron chi connectivity index (χ0n) is 20.0. The van der Waals surface area contributed by atoms with E-state index in [1.54, 1.807) is 18.2 Å². The van der Waals surface area contributed by atoms with Crippen molar-refractivity contribution in [3.63, 3.8) is 0 Å². The third kappa shape index (κ3) is 5.43. The van der Waals surface area contributed by atoms with Gasteiger partial charge in [-0.25, -0.2) is 4.79 Å². The second-order valence-electron chi connectivity index (χ2n) is 7.65. The monoisotopic (exact) mass is 503 g/mol. The molecule has 0 bridgehead atoms. The Morgan fingerprint density at radius 2 is 1.68 bits per heavy atom. The number of nitro benzene ring substituents is 1. The van der Waals surface area contributed by atoms with Gasteiger partial charge >= 0.3 is 5.97 Å². The molecule has 0 aliphatic carbocycles. The van der Waals surface area contributed by atoms with E-state index in [1.165, 1.54) is 69.9 Å². The van der Waals surface area contributed by atoms with Crippen LogP contribution in [0.15, 0.2) is 76.0 Å². The van der Waals surface area contributed by atoms with Crippen molar-refractivity contribution in [2.24, 2.45) is 0 Å². The van der Waals surface area contributed by atoms with Crippen LogP contribution in [0, 0.1) is 10.1 Å². The molecule has 0 radical (unpaired) electrons. The normalized spacial score (nSPS) is 10.9. The minimum absolute atomic E-state index is 0.0948. The zero-order valence-corrected chi connectivity index (χ0v) is 20.0. The number of nitrogens with zero attached hydrogens (tertiary/aromatic N) is 1. The molecule has 0 saturated heterocycles. The summed E-state index contributed by atoms with van der Waals surface area (Å²) in [6, 6.07) is 14.9. The van der Waals surface area contributed by atoms with Gasteiger partial charge in [-0.1, -0.05) is 12.1 Å². The Morgan fingerprint density at radius 1 is 0.946 bits per heavy atom. The van der Waals surface area contributed by atoms with Crippen LogP contribution in [0.5, 0.6) is 23.0 Å². The van der Waals surface area contributed by atoms with Crippen LogP contribution in [0.25, 0.3) is 28.4 Å². The average molecular weight is 503 g/mol. The van der Waals surface area contributed by atoms with Crippen LogP contribution >= 0.6 is 0 Å². The number of non-ortho nitro benzene ring substituents is 1. The number of methoxy groups -OCH3 is 3. The fraction of sp³-hybridized carbons (Fsp3) is 0.111. The summed E-state index contributed by atoms with van der Waals surface area (Å²) in [7, 11) is 4.46. The first kappa shape index (κ1) is 25.0. The summed E-state index contributed by atoms with van der Waals surface area (Å²) in [5.41, 5.74) is 0.834. The highest BCUT2D eigenvalue weighted by atomic mass is 16.6. The number of hydrogen-bond acceptors (Lipinski definition) is 9. The number of ether oxygens (including phenoxy) is 4. The van der Waals surface area contributed by atoms with Gasteiger partial charge in [0, 0.05) is 29.8 Å². The van der Waals surface area contributed by atoms with E-state index in [1.807, 2.05) is 0 Å². The lowest BCUT2D eigenvalue weighted by Crippen LogP contribution is -2.05. The number of benzene rings is 3. The van der Waals surface area contributed by atoms with Crippen molar-refractivity contribution in [2.45, 2.75) is 0 Å². The standard InChI is InChI=1S/C27H21NO9/c1-33-24-12-17(13-25(34-2)27(24)35-3)23-15-21(29)20-14-19(8-9-22(20)37-23)36-26(30)10-7-16-5-4-6-18(11-16)28(31)32/h4-15H,1-3H3/b10-7+. The highest BCUT2D eigenvalue weighted by molar-refractivity contribution is 5.89. The lowest BCUT2D eigenvalue weighted by Gasteiger charge is -2.14. The molecule has 4 rings (SSSR count). The topological polar surface area (TPSA) is 127 Å². The molecular formula is C27H21NO9. The molecule has 0 amide bonds. The van der Waals surface area contributed by atoms with Crippen molar-refractivity contribution in [3.05, 3.63) is 92.6 Å². The smallest absolute Gasteiger partial charge is 0.336 e. The SMILES string of the molecule is COc1cc(-c2cc(=O)c3cc(OC(=O)/C=C/c4cccc([N+](=O)[O-])c4)ccc3o2)cc(OC)c1OC. The minimum Gasteiger partial charge on any atom is -0.493 e. The summed E-state index contributed by atoms with van der Waals surface area (Å²) in [5, 5.41) is 11.1. The van der Waals surface area contributed by atoms with Gasteiger partial charge in [-0.05, 0) is 42.0 Å². The molecule has 0 aliphatic heterocycles. The first-order chi connectivity index (χ1) is 17.8. The molecule has 0 N–H and O–H groups in total. The van der Waals surface area contributed by atoms with E-state index in [0.29, 0.717) is 28.4 Å². The Balaban J connectivity index is 1.59. The summed E-state index contributed by atoms with van der Waals surface area (Å²) < 4.78 is 27.3. The molecule has 3 aromatic carbocycles. The molecule has 1 heterocycles. The maximum absolute atomic E-state index is 12.9. The van der Waals surface area contributed by atoms with Gasteiger partial charge in [-0.15, -0.1) is 0 Å². The number of carbonyl (C=O) groups excluding carboxylic acids is 1. The highest BCUT2D eigenvalue weighted by Gasteiger charge is 2.17. The Morgan fingerprint density at radius 3 is 2.32 bits per heavy atom. The molecule has 0 aliphatic rings. The predicted molar refractivity (Wildman–Crippen MR) is 135 cm³/mol. The summed E-state index contributed by atoms with van der Waals surface area (Å²) in [6.45, 7) is 0. The quantitative estimate of drug-likeness (QED) is 0.107. The summed E-state index contributed by atoms with van der Waals surface area (Å²) >= 11 is 0. The van der Waals surface area contributed by atoms with Gasteiger partial charge in [0.1, 0.15) is 17.1 Å². The van der Waals surface area contributed by atoms with E-state index >= 15 is 0 Å². The molecule has 0 saturated carbocycles. The molecule has 0 atom stereocenters. The molecule has 188 valence electrons. The van der Waals surface area contributed by atoms with Crippen molar-refractivity contribution in [1.82, 2.24) is 0 Å². The lowest BCUT2D eigenvalue weighted by atomic mass is 10.1. The number of nitro groups is 1. The van der Waals surface area contributed by atoms with E-state index < -0.39 is 10.9 Å². The summed E-state index contributed by atoms with van der Waals surface area (Å²) in [4.78, 5) is 35.5. The third-order valence-corrected chi connectivity index (χ3v) is 5.36. The summed E-state index contributed by atoms with van der Waals surface area (Å²) in [6.07, 6.45) is 2.54. The Kier molecular flexibility index (Phi) is 7.19. The minimum atomic E-state index is -0.718. The predicted octanol–water partition coefficient (Wildman–Crippen LogP) is 5.01. The van der Waals surface area contributed by atoms with Gasteiger partial charge in [0.15, 0.2) is 16.9 Å². The molecule has 0 unspecified atom stereocenters. The van der Waals surface area contributed by atoms with Crippen LogP contribution in [-0.2, 0) is 4.79 Å². The largest absolute Gasteiger partial charge is 0.493 e. The lowest BCUT2D eigenvalue weighted by molar-refractivity contribution is -0.384. The van der Waals surface area contributed by atoms with Crippen molar-refractivity contribution in [2.75, 3.05) is 21.3 Å². The van der Waals surface area contributed by atoms with Crippen LogP contribution < -0.4 is 24.4 Å². The van der Waals surface area contributed by atoms with Crippen LogP contribution in [0.3, 0.4) is 0 Å². The maximum atomic E-state index is 12.9. The van der Waals surface area contributed by atoms with E-state index in [-0.39, 0.29) is 33.6 Å². The highest BCUT2D eigenvalue weighted by Crippen LogP contribution is 2.41. The van der Waals surface area contributed by atoms with Gasteiger partial charge in [0.2, 0.25) is 5.75 Å². The average Bonchev–Trinajstić information content (AvgIpc) is 2.91. The first-order valence-electron chi connectivity index (χ1n) is 10.9. The fourth-order valence-corrected chi connectivity index (χ4v) is 3.62. The molecule has 1 aromatic heterocycles. The number of esters is 1. The van der Waals surface area contributed by atoms with Crippen molar-refractivity contribution in [1.29, 1.82) is 0 Å². The molecule has 10 heteroatoms. The van der Waals surface area contributed by atoms with E-state index in [9.17, 15) is 19.7 Å². The molecule has 37 heavy (non-hydrogen) atoms. The van der Waals surface area contributed by atoms with Crippen LogP contribution in [0.1, 0.15) is 5.56 Å². The molecule has 10 nitrogen and oxygen atoms in total. The van der Waals surface area contributed by atoms with Crippen LogP contribution in [0.2, 0.25) is 0 Å². The molecule has 0 fully saturated rings. The van der Waals surface area contributed by atoms with Gasteiger partial charge in [0.05, 0.1) is 31.6 Å². The van der Waals surface area contributed by atoms with Crippen molar-refractivity contribution in [3.8, 4) is 34.3 Å². The number of carbonyl (C=O) groups is 1. The number of hydrogen-bond donors (Lipinski definition) is 0. The van der Waals surface area contributed by atoms with E-state index in [4.69, 9.17) is 23.4 Å². The number of fused-ring (bicyclic) bond motifs is 1. The molecule has 4 aromatic rings. The van der Waals surface area contributed by atoms with Crippen molar-refractivity contribution >= 4 is 28.7 Å². The molecule has 0 spiro atoms. The van der Waals surface area contributed by atoms with Crippen molar-refractivity contribution < 1.29 is 33.1 Å². The summed E-state index contributed by atoms with van der Waals surface area (Å²) in [5.74, 6) is 0.905. The van der Waals surface area contributed by atoms with E-state index in [0.717, 1.165) is 6.08 Å². The third-order valence-electron chi connectivity index (χ3n) is 5.36.